The highest BCUT2D eigenvalue weighted by Gasteiger charge is 1.97. The lowest BCUT2D eigenvalue weighted by Gasteiger charge is -2.03. The van der Waals surface area contributed by atoms with Gasteiger partial charge >= 0.3 is 0 Å². The molecule has 0 aliphatic rings. The first-order valence-electron chi connectivity index (χ1n) is 6.89. The molecule has 98 valence electrons. The van der Waals surface area contributed by atoms with Crippen LogP contribution in [-0.4, -0.2) is 23.2 Å². The largest absolute Gasteiger partial charge is 0.340 e. The van der Waals surface area contributed by atoms with E-state index in [1.807, 2.05) is 0 Å². The Balaban J connectivity index is 1.76. The van der Waals surface area contributed by atoms with Crippen molar-refractivity contribution in [1.29, 1.82) is 0 Å². The van der Waals surface area contributed by atoms with Gasteiger partial charge in [0.2, 0.25) is 5.89 Å². The quantitative estimate of drug-likeness (QED) is 0.603. The van der Waals surface area contributed by atoms with Crippen molar-refractivity contribution in [1.82, 2.24) is 15.5 Å². The number of nitrogens with zero attached hydrogens (tertiary/aromatic N) is 2. The second-order valence-electron chi connectivity index (χ2n) is 4.46. The Kier molecular flexibility index (Phi) is 8.55. The first-order valence-corrected chi connectivity index (χ1v) is 6.89. The summed E-state index contributed by atoms with van der Waals surface area (Å²) in [5.74, 6) is 0.720. The van der Waals surface area contributed by atoms with Gasteiger partial charge < -0.3 is 9.84 Å². The van der Waals surface area contributed by atoms with Gasteiger partial charge in [0.05, 0.1) is 0 Å². The van der Waals surface area contributed by atoms with E-state index in [-0.39, 0.29) is 0 Å². The van der Waals surface area contributed by atoms with Gasteiger partial charge in [-0.15, -0.1) is 0 Å². The molecule has 0 unspecified atom stereocenters. The van der Waals surface area contributed by atoms with Crippen LogP contribution in [0.2, 0.25) is 0 Å². The van der Waals surface area contributed by atoms with Crippen molar-refractivity contribution in [3.05, 3.63) is 12.2 Å². The Morgan fingerprint density at radius 1 is 1.06 bits per heavy atom. The van der Waals surface area contributed by atoms with Gasteiger partial charge in [-0.05, 0) is 13.0 Å². The van der Waals surface area contributed by atoms with E-state index in [0.29, 0.717) is 0 Å². The molecule has 0 saturated heterocycles. The highest BCUT2D eigenvalue weighted by Crippen LogP contribution is 2.06. The maximum absolute atomic E-state index is 4.91. The highest BCUT2D eigenvalue weighted by molar-refractivity contribution is 4.74. The van der Waals surface area contributed by atoms with E-state index in [1.165, 1.54) is 51.3 Å². The highest BCUT2D eigenvalue weighted by atomic mass is 16.5. The predicted molar refractivity (Wildman–Crippen MR) is 68.9 cm³/mol. The fourth-order valence-corrected chi connectivity index (χ4v) is 1.83. The molecule has 1 N–H and O–H groups in total. The smallest absolute Gasteiger partial charge is 0.227 e. The van der Waals surface area contributed by atoms with E-state index in [1.54, 1.807) is 0 Å². The molecule has 1 rings (SSSR count). The van der Waals surface area contributed by atoms with Gasteiger partial charge in [0.15, 0.2) is 6.33 Å². The molecule has 0 atom stereocenters. The van der Waals surface area contributed by atoms with Crippen LogP contribution in [-0.2, 0) is 6.42 Å². The van der Waals surface area contributed by atoms with Crippen molar-refractivity contribution < 1.29 is 4.52 Å². The Morgan fingerprint density at radius 2 is 1.82 bits per heavy atom. The first-order chi connectivity index (χ1) is 8.43. The summed E-state index contributed by atoms with van der Waals surface area (Å²) in [6.45, 7) is 4.28. The molecule has 0 saturated carbocycles. The van der Waals surface area contributed by atoms with E-state index in [0.717, 1.165) is 25.4 Å². The van der Waals surface area contributed by atoms with E-state index in [4.69, 9.17) is 4.52 Å². The average Bonchev–Trinajstić information content (AvgIpc) is 2.85. The molecule has 0 aliphatic carbocycles. The molecule has 0 aromatic carbocycles. The minimum absolute atomic E-state index is 0.720. The lowest BCUT2D eigenvalue weighted by Crippen LogP contribution is -2.18. The van der Waals surface area contributed by atoms with Crippen LogP contribution in [0.3, 0.4) is 0 Å². The van der Waals surface area contributed by atoms with Crippen molar-refractivity contribution in [3.63, 3.8) is 0 Å². The second-order valence-corrected chi connectivity index (χ2v) is 4.46. The van der Waals surface area contributed by atoms with Crippen LogP contribution in [0.1, 0.15) is 57.8 Å². The Morgan fingerprint density at radius 3 is 2.53 bits per heavy atom. The monoisotopic (exact) mass is 239 g/mol. The summed E-state index contributed by atoms with van der Waals surface area (Å²) in [5.41, 5.74) is 0. The van der Waals surface area contributed by atoms with Crippen LogP contribution in [0.25, 0.3) is 0 Å². The normalized spacial score (nSPS) is 10.9. The summed E-state index contributed by atoms with van der Waals surface area (Å²) in [4.78, 5) is 3.97. The average molecular weight is 239 g/mol. The van der Waals surface area contributed by atoms with Crippen LogP contribution in [0.4, 0.5) is 0 Å². The van der Waals surface area contributed by atoms with Crippen molar-refractivity contribution in [2.75, 3.05) is 13.1 Å². The first kappa shape index (κ1) is 14.2. The minimum Gasteiger partial charge on any atom is -0.340 e. The molecule has 17 heavy (non-hydrogen) atoms. The SMILES string of the molecule is CCCCCCCCCNCCc1ncno1. The summed E-state index contributed by atoms with van der Waals surface area (Å²) in [7, 11) is 0. The van der Waals surface area contributed by atoms with Gasteiger partial charge in [-0.25, -0.2) is 0 Å². The lowest BCUT2D eigenvalue weighted by atomic mass is 10.1. The molecule has 0 aliphatic heterocycles. The van der Waals surface area contributed by atoms with Gasteiger partial charge in [-0.2, -0.15) is 4.98 Å². The Hall–Kier alpha value is -0.900. The molecule has 4 heteroatoms. The van der Waals surface area contributed by atoms with Gasteiger partial charge in [0.25, 0.3) is 0 Å². The molecule has 1 aromatic heterocycles. The van der Waals surface area contributed by atoms with Crippen LogP contribution < -0.4 is 5.32 Å². The van der Waals surface area contributed by atoms with Gasteiger partial charge in [-0.1, -0.05) is 50.6 Å². The maximum Gasteiger partial charge on any atom is 0.227 e. The zero-order valence-corrected chi connectivity index (χ0v) is 11.0. The van der Waals surface area contributed by atoms with Crippen LogP contribution in [0.5, 0.6) is 0 Å². The van der Waals surface area contributed by atoms with Crippen molar-refractivity contribution >= 4 is 0 Å². The van der Waals surface area contributed by atoms with Crippen molar-refractivity contribution in [2.45, 2.75) is 58.3 Å². The number of unbranched alkanes of at least 4 members (excludes halogenated alkanes) is 6. The summed E-state index contributed by atoms with van der Waals surface area (Å²) < 4.78 is 4.91. The van der Waals surface area contributed by atoms with Crippen LogP contribution in [0, 0.1) is 0 Å². The summed E-state index contributed by atoms with van der Waals surface area (Å²) >= 11 is 0. The van der Waals surface area contributed by atoms with Gasteiger partial charge in [-0.3, -0.25) is 0 Å². The standard InChI is InChI=1S/C13H25N3O/c1-2-3-4-5-6-7-8-10-14-11-9-13-15-12-16-17-13/h12,14H,2-11H2,1H3. The number of hydrogen-bond donors (Lipinski definition) is 1. The van der Waals surface area contributed by atoms with E-state index in [2.05, 4.69) is 22.4 Å². The number of rotatable bonds is 11. The zero-order chi connectivity index (χ0) is 12.2. The third-order valence-electron chi connectivity index (χ3n) is 2.88. The fraction of sp³-hybridized carbons (Fsp3) is 0.846. The maximum atomic E-state index is 4.91. The fourth-order valence-electron chi connectivity index (χ4n) is 1.83. The topological polar surface area (TPSA) is 51.0 Å². The summed E-state index contributed by atoms with van der Waals surface area (Å²) in [5, 5.41) is 6.97. The molecule has 1 aromatic rings. The Labute approximate surface area is 104 Å². The molecule has 0 amide bonds. The molecule has 0 radical (unpaired) electrons. The Bertz CT molecular complexity index is 249. The number of aromatic nitrogens is 2. The van der Waals surface area contributed by atoms with E-state index >= 15 is 0 Å². The third-order valence-corrected chi connectivity index (χ3v) is 2.88. The molecule has 4 nitrogen and oxygen atoms in total. The minimum atomic E-state index is 0.720. The molecule has 0 spiro atoms. The van der Waals surface area contributed by atoms with Gasteiger partial charge in [0, 0.05) is 13.0 Å². The van der Waals surface area contributed by atoms with Gasteiger partial charge in [0.1, 0.15) is 0 Å². The zero-order valence-electron chi connectivity index (χ0n) is 11.0. The van der Waals surface area contributed by atoms with Crippen molar-refractivity contribution in [2.24, 2.45) is 0 Å². The second kappa shape index (κ2) is 10.3. The molecular weight excluding hydrogens is 214 g/mol. The summed E-state index contributed by atoms with van der Waals surface area (Å²) in [6, 6.07) is 0. The third kappa shape index (κ3) is 7.91. The summed E-state index contributed by atoms with van der Waals surface area (Å²) in [6.07, 6.45) is 11.8. The number of hydrogen-bond acceptors (Lipinski definition) is 4. The van der Waals surface area contributed by atoms with Crippen molar-refractivity contribution in [3.8, 4) is 0 Å². The molecule has 1 heterocycles. The van der Waals surface area contributed by atoms with E-state index in [9.17, 15) is 0 Å². The molecule has 0 fully saturated rings. The molecular formula is C13H25N3O. The number of nitrogens with one attached hydrogen (secondary N) is 1. The predicted octanol–water partition coefficient (Wildman–Crippen LogP) is 2.95. The molecule has 0 bridgehead atoms. The lowest BCUT2D eigenvalue weighted by molar-refractivity contribution is 0.374. The van der Waals surface area contributed by atoms with E-state index < -0.39 is 0 Å². The van der Waals surface area contributed by atoms with Crippen LogP contribution >= 0.6 is 0 Å². The van der Waals surface area contributed by atoms with Crippen LogP contribution in [0.15, 0.2) is 10.9 Å².